The lowest BCUT2D eigenvalue weighted by atomic mass is 10.2. The third-order valence-corrected chi connectivity index (χ3v) is 2.87. The second-order valence-corrected chi connectivity index (χ2v) is 5.06. The number of carboxylic acids is 1. The maximum atomic E-state index is 11.0. The molecule has 92 valence electrons. The Hall–Kier alpha value is -1.47. The number of halogens is 2. The molecule has 1 aromatic carbocycles. The SMILES string of the molecule is O=C(O)c1ccc(Br)cc1Oc1ncc(Br)cn1. The van der Waals surface area contributed by atoms with Crippen LogP contribution >= 0.6 is 31.9 Å². The number of aromatic carboxylic acids is 1. The maximum Gasteiger partial charge on any atom is 0.339 e. The van der Waals surface area contributed by atoms with Crippen molar-refractivity contribution in [2.75, 3.05) is 0 Å². The predicted octanol–water partition coefficient (Wildman–Crippen LogP) is 3.49. The molecule has 7 heteroatoms. The van der Waals surface area contributed by atoms with E-state index in [9.17, 15) is 4.79 Å². The summed E-state index contributed by atoms with van der Waals surface area (Å²) in [4.78, 5) is 18.9. The van der Waals surface area contributed by atoms with Gasteiger partial charge in [-0.25, -0.2) is 14.8 Å². The fraction of sp³-hybridized carbons (Fsp3) is 0. The van der Waals surface area contributed by atoms with E-state index in [-0.39, 0.29) is 17.3 Å². The summed E-state index contributed by atoms with van der Waals surface area (Å²) in [5, 5.41) is 9.04. The second kappa shape index (κ2) is 5.45. The first-order valence-corrected chi connectivity index (χ1v) is 6.33. The number of rotatable bonds is 3. The molecule has 2 rings (SSSR count). The van der Waals surface area contributed by atoms with Crippen molar-refractivity contribution in [3.63, 3.8) is 0 Å². The number of benzene rings is 1. The average molecular weight is 374 g/mol. The van der Waals surface area contributed by atoms with Crippen LogP contribution in [0.15, 0.2) is 39.5 Å². The normalized spacial score (nSPS) is 10.1. The molecule has 0 bridgehead atoms. The third-order valence-electron chi connectivity index (χ3n) is 1.97. The van der Waals surface area contributed by atoms with Crippen LogP contribution in [0.1, 0.15) is 10.4 Å². The molecule has 18 heavy (non-hydrogen) atoms. The number of ether oxygens (including phenoxy) is 1. The first-order valence-electron chi connectivity index (χ1n) is 4.74. The van der Waals surface area contributed by atoms with Gasteiger partial charge in [0.15, 0.2) is 0 Å². The number of nitrogens with zero attached hydrogens (tertiary/aromatic N) is 2. The van der Waals surface area contributed by atoms with Gasteiger partial charge in [-0.15, -0.1) is 0 Å². The summed E-state index contributed by atoms with van der Waals surface area (Å²) < 4.78 is 6.77. The van der Waals surface area contributed by atoms with Gasteiger partial charge in [0.05, 0.1) is 4.47 Å². The second-order valence-electron chi connectivity index (χ2n) is 3.23. The van der Waals surface area contributed by atoms with Crippen LogP contribution in [0, 0.1) is 0 Å². The zero-order chi connectivity index (χ0) is 13.1. The number of hydrogen-bond donors (Lipinski definition) is 1. The molecular formula is C11H6Br2N2O3. The van der Waals surface area contributed by atoms with E-state index in [2.05, 4.69) is 41.8 Å². The number of hydrogen-bond acceptors (Lipinski definition) is 4. The van der Waals surface area contributed by atoms with Gasteiger partial charge in [-0.2, -0.15) is 0 Å². The Morgan fingerprint density at radius 3 is 2.44 bits per heavy atom. The Balaban J connectivity index is 2.35. The molecule has 0 amide bonds. The van der Waals surface area contributed by atoms with Crippen LogP contribution in [0.5, 0.6) is 11.8 Å². The van der Waals surface area contributed by atoms with Crippen molar-refractivity contribution >= 4 is 37.8 Å². The minimum atomic E-state index is -1.07. The van der Waals surface area contributed by atoms with Crippen molar-refractivity contribution in [2.45, 2.75) is 0 Å². The zero-order valence-electron chi connectivity index (χ0n) is 8.80. The van der Waals surface area contributed by atoms with E-state index in [0.29, 0.717) is 8.95 Å². The van der Waals surface area contributed by atoms with Gasteiger partial charge in [0.1, 0.15) is 11.3 Å². The van der Waals surface area contributed by atoms with E-state index >= 15 is 0 Å². The standard InChI is InChI=1S/C11H6Br2N2O3/c12-6-1-2-8(10(16)17)9(3-6)18-11-14-4-7(13)5-15-11/h1-5H,(H,16,17). The van der Waals surface area contributed by atoms with E-state index in [0.717, 1.165) is 0 Å². The fourth-order valence-electron chi connectivity index (χ4n) is 1.21. The number of carboxylic acid groups (broad SMARTS) is 1. The Labute approximate surface area is 119 Å². The van der Waals surface area contributed by atoms with E-state index in [1.807, 2.05) is 0 Å². The zero-order valence-corrected chi connectivity index (χ0v) is 12.0. The maximum absolute atomic E-state index is 11.0. The molecule has 0 unspecified atom stereocenters. The van der Waals surface area contributed by atoms with Gasteiger partial charge in [-0.05, 0) is 34.1 Å². The highest BCUT2D eigenvalue weighted by Gasteiger charge is 2.13. The van der Waals surface area contributed by atoms with Crippen molar-refractivity contribution in [2.24, 2.45) is 0 Å². The Morgan fingerprint density at radius 1 is 1.17 bits per heavy atom. The molecule has 2 aromatic rings. The summed E-state index contributed by atoms with van der Waals surface area (Å²) in [5.41, 5.74) is 0.0460. The molecule has 0 saturated carbocycles. The highest BCUT2D eigenvalue weighted by molar-refractivity contribution is 9.10. The smallest absolute Gasteiger partial charge is 0.339 e. The van der Waals surface area contributed by atoms with E-state index in [1.54, 1.807) is 12.1 Å². The van der Waals surface area contributed by atoms with Gasteiger partial charge >= 0.3 is 12.0 Å². The van der Waals surface area contributed by atoms with Crippen molar-refractivity contribution in [3.8, 4) is 11.8 Å². The van der Waals surface area contributed by atoms with Crippen molar-refractivity contribution in [3.05, 3.63) is 45.1 Å². The van der Waals surface area contributed by atoms with Crippen LogP contribution in [0.2, 0.25) is 0 Å². The van der Waals surface area contributed by atoms with Crippen LogP contribution in [0.4, 0.5) is 0 Å². The monoisotopic (exact) mass is 372 g/mol. The van der Waals surface area contributed by atoms with Crippen molar-refractivity contribution in [1.29, 1.82) is 0 Å². The molecule has 0 aliphatic heterocycles. The Kier molecular flexibility index (Phi) is 3.93. The summed E-state index contributed by atoms with van der Waals surface area (Å²) in [6, 6.07) is 4.70. The molecule has 1 aromatic heterocycles. The minimum absolute atomic E-state index is 0.0460. The molecule has 0 spiro atoms. The molecule has 0 atom stereocenters. The quantitative estimate of drug-likeness (QED) is 0.891. The predicted molar refractivity (Wildman–Crippen MR) is 70.9 cm³/mol. The molecule has 0 saturated heterocycles. The van der Waals surface area contributed by atoms with Crippen LogP contribution in [0.3, 0.4) is 0 Å². The van der Waals surface area contributed by atoms with Crippen LogP contribution < -0.4 is 4.74 Å². The summed E-state index contributed by atoms with van der Waals surface area (Å²) in [6.45, 7) is 0. The number of carbonyl (C=O) groups is 1. The third kappa shape index (κ3) is 3.05. The summed E-state index contributed by atoms with van der Waals surface area (Å²) in [5.74, 6) is -0.895. The van der Waals surface area contributed by atoms with Gasteiger partial charge in [0, 0.05) is 16.9 Å². The van der Waals surface area contributed by atoms with Gasteiger partial charge in [0.2, 0.25) is 0 Å². The molecule has 0 radical (unpaired) electrons. The molecule has 1 heterocycles. The molecule has 0 aliphatic carbocycles. The van der Waals surface area contributed by atoms with Crippen molar-refractivity contribution in [1.82, 2.24) is 9.97 Å². The van der Waals surface area contributed by atoms with E-state index in [1.165, 1.54) is 18.5 Å². The summed E-state index contributed by atoms with van der Waals surface area (Å²) >= 11 is 6.45. The first kappa shape index (κ1) is 13.0. The molecule has 0 fully saturated rings. The van der Waals surface area contributed by atoms with Crippen LogP contribution in [-0.4, -0.2) is 21.0 Å². The molecule has 5 nitrogen and oxygen atoms in total. The first-order chi connectivity index (χ1) is 8.56. The minimum Gasteiger partial charge on any atom is -0.478 e. The lowest BCUT2D eigenvalue weighted by Crippen LogP contribution is -2.01. The fourth-order valence-corrected chi connectivity index (χ4v) is 1.75. The largest absolute Gasteiger partial charge is 0.478 e. The number of aromatic nitrogens is 2. The van der Waals surface area contributed by atoms with Crippen LogP contribution in [-0.2, 0) is 0 Å². The molecular weight excluding hydrogens is 368 g/mol. The molecule has 0 aliphatic rings. The van der Waals surface area contributed by atoms with Gasteiger partial charge in [-0.1, -0.05) is 15.9 Å². The highest BCUT2D eigenvalue weighted by atomic mass is 79.9. The highest BCUT2D eigenvalue weighted by Crippen LogP contribution is 2.27. The Bertz CT molecular complexity index is 587. The summed E-state index contributed by atoms with van der Waals surface area (Å²) in [6.07, 6.45) is 3.03. The van der Waals surface area contributed by atoms with Gasteiger partial charge in [-0.3, -0.25) is 0 Å². The van der Waals surface area contributed by atoms with Gasteiger partial charge < -0.3 is 9.84 Å². The van der Waals surface area contributed by atoms with E-state index in [4.69, 9.17) is 9.84 Å². The Morgan fingerprint density at radius 2 is 1.83 bits per heavy atom. The summed E-state index contributed by atoms with van der Waals surface area (Å²) in [7, 11) is 0. The van der Waals surface area contributed by atoms with Crippen molar-refractivity contribution < 1.29 is 14.6 Å². The lowest BCUT2D eigenvalue weighted by Gasteiger charge is -2.07. The van der Waals surface area contributed by atoms with Crippen LogP contribution in [0.25, 0.3) is 0 Å². The molecule has 1 N–H and O–H groups in total. The topological polar surface area (TPSA) is 72.3 Å². The lowest BCUT2D eigenvalue weighted by molar-refractivity contribution is 0.0694. The average Bonchev–Trinajstić information content (AvgIpc) is 2.32. The van der Waals surface area contributed by atoms with Gasteiger partial charge in [0.25, 0.3) is 0 Å². The van der Waals surface area contributed by atoms with E-state index < -0.39 is 5.97 Å².